The van der Waals surface area contributed by atoms with Gasteiger partial charge in [-0.2, -0.15) is 0 Å². The van der Waals surface area contributed by atoms with Gasteiger partial charge in [0.1, 0.15) is 5.82 Å². The molecule has 19 heavy (non-hydrogen) atoms. The lowest BCUT2D eigenvalue weighted by atomic mass is 9.88. The van der Waals surface area contributed by atoms with Crippen molar-refractivity contribution in [2.75, 3.05) is 6.54 Å². The topological polar surface area (TPSA) is 29.9 Å². The Morgan fingerprint density at radius 3 is 2.74 bits per heavy atom. The summed E-state index contributed by atoms with van der Waals surface area (Å²) in [6, 6.07) is 0. The van der Waals surface area contributed by atoms with Gasteiger partial charge in [-0.3, -0.25) is 0 Å². The first kappa shape index (κ1) is 12.0. The molecule has 2 aliphatic carbocycles. The fourth-order valence-electron chi connectivity index (χ4n) is 3.97. The van der Waals surface area contributed by atoms with Gasteiger partial charge in [-0.05, 0) is 32.6 Å². The molecule has 4 rings (SSSR count). The third kappa shape index (κ3) is 1.94. The van der Waals surface area contributed by atoms with Gasteiger partial charge in [0.25, 0.3) is 0 Å². The molecule has 1 N–H and O–H groups in total. The van der Waals surface area contributed by atoms with E-state index in [0.29, 0.717) is 5.54 Å². The average molecular weight is 259 g/mol. The van der Waals surface area contributed by atoms with E-state index in [2.05, 4.69) is 16.8 Å². The van der Waals surface area contributed by atoms with Crippen molar-refractivity contribution >= 4 is 0 Å². The highest BCUT2D eigenvalue weighted by atomic mass is 15.2. The molecule has 0 aromatic carbocycles. The lowest BCUT2D eigenvalue weighted by Gasteiger charge is -2.26. The van der Waals surface area contributed by atoms with Gasteiger partial charge in [-0.1, -0.05) is 19.3 Å². The van der Waals surface area contributed by atoms with Crippen LogP contribution >= 0.6 is 0 Å². The molecule has 2 saturated carbocycles. The second-order valence-corrected chi connectivity index (χ2v) is 6.96. The second kappa shape index (κ2) is 4.34. The summed E-state index contributed by atoms with van der Waals surface area (Å²) < 4.78 is 2.68. The number of nitrogens with one attached hydrogen (secondary N) is 1. The quantitative estimate of drug-likeness (QED) is 0.884. The molecule has 0 saturated heterocycles. The zero-order chi connectivity index (χ0) is 12.9. The predicted octanol–water partition coefficient (Wildman–Crippen LogP) is 3.09. The summed E-state index contributed by atoms with van der Waals surface area (Å²) in [5.41, 5.74) is 3.31. The molecule has 1 aromatic heterocycles. The van der Waals surface area contributed by atoms with E-state index < -0.39 is 0 Å². The number of fused-ring (bicyclic) bond motifs is 1. The molecule has 2 heterocycles. The predicted molar refractivity (Wildman–Crippen MR) is 76.3 cm³/mol. The minimum Gasteiger partial charge on any atom is -0.326 e. The first-order valence-electron chi connectivity index (χ1n) is 8.09. The van der Waals surface area contributed by atoms with E-state index in [9.17, 15) is 0 Å². The number of imidazole rings is 1. The van der Waals surface area contributed by atoms with Crippen LogP contribution in [0.1, 0.15) is 75.0 Å². The number of hydrogen-bond acceptors (Lipinski definition) is 2. The van der Waals surface area contributed by atoms with E-state index in [4.69, 9.17) is 4.98 Å². The highest BCUT2D eigenvalue weighted by molar-refractivity contribution is 5.26. The number of rotatable bonds is 2. The van der Waals surface area contributed by atoms with Crippen molar-refractivity contribution in [2.45, 2.75) is 76.3 Å². The van der Waals surface area contributed by atoms with E-state index in [0.717, 1.165) is 19.0 Å². The molecule has 3 heteroatoms. The maximum absolute atomic E-state index is 5.08. The van der Waals surface area contributed by atoms with Gasteiger partial charge < -0.3 is 9.88 Å². The average Bonchev–Trinajstić information content (AvgIpc) is 3.06. The van der Waals surface area contributed by atoms with E-state index in [1.165, 1.54) is 62.9 Å². The minimum absolute atomic E-state index is 0.407. The van der Waals surface area contributed by atoms with Crippen LogP contribution in [0, 0.1) is 0 Å². The molecule has 3 nitrogen and oxygen atoms in total. The fourth-order valence-corrected chi connectivity index (χ4v) is 3.97. The Hall–Kier alpha value is -0.830. The molecule has 0 radical (unpaired) electrons. The van der Waals surface area contributed by atoms with Crippen molar-refractivity contribution in [1.82, 2.24) is 14.9 Å². The Bertz CT molecular complexity index is 478. The zero-order valence-corrected chi connectivity index (χ0v) is 12.0. The van der Waals surface area contributed by atoms with Crippen LogP contribution in [-0.4, -0.2) is 16.1 Å². The smallest absolute Gasteiger partial charge is 0.112 e. The second-order valence-electron chi connectivity index (χ2n) is 6.96. The van der Waals surface area contributed by atoms with Crippen LogP contribution < -0.4 is 5.32 Å². The molecule has 3 aliphatic rings. The molecule has 2 fully saturated rings. The molecule has 0 amide bonds. The minimum atomic E-state index is 0.407. The zero-order valence-electron chi connectivity index (χ0n) is 12.0. The van der Waals surface area contributed by atoms with Crippen LogP contribution in [0.2, 0.25) is 0 Å². The Kier molecular flexibility index (Phi) is 2.73. The summed E-state index contributed by atoms with van der Waals surface area (Å²) in [5, 5.41) is 3.48. The van der Waals surface area contributed by atoms with E-state index in [1.54, 1.807) is 5.69 Å². The normalized spacial score (nSPS) is 26.2. The number of hydrogen-bond donors (Lipinski definition) is 1. The van der Waals surface area contributed by atoms with Gasteiger partial charge in [0.05, 0.1) is 5.69 Å². The molecule has 1 aromatic rings. The Morgan fingerprint density at radius 1 is 1.21 bits per heavy atom. The number of nitrogens with zero attached hydrogens (tertiary/aromatic N) is 2. The summed E-state index contributed by atoms with van der Waals surface area (Å²) in [5.74, 6) is 2.17. The van der Waals surface area contributed by atoms with Crippen molar-refractivity contribution < 1.29 is 0 Å². The van der Waals surface area contributed by atoms with Crippen molar-refractivity contribution in [3.05, 3.63) is 17.2 Å². The fraction of sp³-hybridized carbons (Fsp3) is 0.812. The van der Waals surface area contributed by atoms with Crippen LogP contribution in [0.15, 0.2) is 0 Å². The van der Waals surface area contributed by atoms with Gasteiger partial charge in [0.15, 0.2) is 0 Å². The van der Waals surface area contributed by atoms with Crippen molar-refractivity contribution in [3.63, 3.8) is 0 Å². The van der Waals surface area contributed by atoms with Crippen molar-refractivity contribution in [2.24, 2.45) is 0 Å². The third-order valence-electron chi connectivity index (χ3n) is 5.40. The van der Waals surface area contributed by atoms with E-state index in [-0.39, 0.29) is 0 Å². The molecular weight excluding hydrogens is 234 g/mol. The largest absolute Gasteiger partial charge is 0.326 e. The van der Waals surface area contributed by atoms with Gasteiger partial charge in [0, 0.05) is 36.7 Å². The van der Waals surface area contributed by atoms with Crippen LogP contribution in [-0.2, 0) is 18.5 Å². The Balaban J connectivity index is 1.78. The van der Waals surface area contributed by atoms with Crippen LogP contribution in [0.25, 0.3) is 0 Å². The standard InChI is InChI=1S/C16H25N3/c1-16(8-9-16)19-14-7-10-17-11-13(14)18-15(19)12-5-3-2-4-6-12/h12,17H,2-11H2,1H3. The Labute approximate surface area is 115 Å². The summed E-state index contributed by atoms with van der Waals surface area (Å²) in [4.78, 5) is 5.08. The molecule has 0 bridgehead atoms. The number of aromatic nitrogens is 2. The van der Waals surface area contributed by atoms with Gasteiger partial charge in [-0.15, -0.1) is 0 Å². The van der Waals surface area contributed by atoms with Crippen molar-refractivity contribution in [3.8, 4) is 0 Å². The molecular formula is C16H25N3. The lowest BCUT2D eigenvalue weighted by molar-refractivity contribution is 0.390. The monoisotopic (exact) mass is 259 g/mol. The summed E-state index contributed by atoms with van der Waals surface area (Å²) >= 11 is 0. The molecule has 0 atom stereocenters. The highest BCUT2D eigenvalue weighted by Crippen LogP contribution is 2.47. The summed E-state index contributed by atoms with van der Waals surface area (Å²) in [7, 11) is 0. The van der Waals surface area contributed by atoms with Crippen LogP contribution in [0.3, 0.4) is 0 Å². The Morgan fingerprint density at radius 2 is 2.00 bits per heavy atom. The van der Waals surface area contributed by atoms with Gasteiger partial charge in [-0.25, -0.2) is 4.98 Å². The highest BCUT2D eigenvalue weighted by Gasteiger charge is 2.44. The maximum atomic E-state index is 5.08. The first-order chi connectivity index (χ1) is 9.28. The first-order valence-corrected chi connectivity index (χ1v) is 8.09. The van der Waals surface area contributed by atoms with E-state index in [1.807, 2.05) is 0 Å². The SMILES string of the molecule is CC1(n2c(C3CCCCC3)nc3c2CCNC3)CC1. The van der Waals surface area contributed by atoms with Gasteiger partial charge in [0.2, 0.25) is 0 Å². The van der Waals surface area contributed by atoms with E-state index >= 15 is 0 Å². The van der Waals surface area contributed by atoms with Crippen LogP contribution in [0.5, 0.6) is 0 Å². The lowest BCUT2D eigenvalue weighted by Crippen LogP contribution is -2.28. The van der Waals surface area contributed by atoms with Crippen molar-refractivity contribution in [1.29, 1.82) is 0 Å². The third-order valence-corrected chi connectivity index (χ3v) is 5.40. The summed E-state index contributed by atoms with van der Waals surface area (Å²) in [6.45, 7) is 4.54. The summed E-state index contributed by atoms with van der Waals surface area (Å²) in [6.07, 6.45) is 10.8. The molecule has 1 aliphatic heterocycles. The van der Waals surface area contributed by atoms with Gasteiger partial charge >= 0.3 is 0 Å². The molecule has 0 unspecified atom stereocenters. The molecule has 0 spiro atoms. The molecule has 104 valence electrons. The maximum Gasteiger partial charge on any atom is 0.112 e. The van der Waals surface area contributed by atoms with Crippen LogP contribution in [0.4, 0.5) is 0 Å².